The van der Waals surface area contributed by atoms with E-state index in [9.17, 15) is 18.0 Å². The minimum absolute atomic E-state index is 0.0313. The Labute approximate surface area is 120 Å². The highest BCUT2D eigenvalue weighted by Gasteiger charge is 2.26. The molecule has 1 fully saturated rings. The largest absolute Gasteiger partial charge is 0.468 e. The van der Waals surface area contributed by atoms with Crippen LogP contribution in [0.5, 0.6) is 0 Å². The van der Waals surface area contributed by atoms with E-state index in [1.54, 1.807) is 0 Å². The first-order valence-corrected chi connectivity index (χ1v) is 6.60. The van der Waals surface area contributed by atoms with E-state index in [1.165, 1.54) is 7.11 Å². The summed E-state index contributed by atoms with van der Waals surface area (Å²) in [6.45, 7) is 0.982. The SMILES string of the molecule is COC(=O)C(NCC1CCCO1)c1cc(F)c(F)c(F)c1. The zero-order valence-corrected chi connectivity index (χ0v) is 11.5. The van der Waals surface area contributed by atoms with Gasteiger partial charge in [0.2, 0.25) is 0 Å². The van der Waals surface area contributed by atoms with Crippen molar-refractivity contribution in [2.45, 2.75) is 25.0 Å². The zero-order valence-electron chi connectivity index (χ0n) is 11.5. The van der Waals surface area contributed by atoms with Gasteiger partial charge in [-0.15, -0.1) is 0 Å². The number of hydrogen-bond donors (Lipinski definition) is 1. The summed E-state index contributed by atoms with van der Waals surface area (Å²) < 4.78 is 49.6. The number of benzene rings is 1. The van der Waals surface area contributed by atoms with Crippen molar-refractivity contribution < 1.29 is 27.4 Å². The van der Waals surface area contributed by atoms with Crippen LogP contribution in [-0.4, -0.2) is 32.3 Å². The first-order chi connectivity index (χ1) is 10.0. The molecule has 0 aliphatic carbocycles. The maximum Gasteiger partial charge on any atom is 0.327 e. The Hall–Kier alpha value is -1.60. The van der Waals surface area contributed by atoms with E-state index in [2.05, 4.69) is 10.1 Å². The Morgan fingerprint density at radius 1 is 1.43 bits per heavy atom. The first kappa shape index (κ1) is 15.8. The van der Waals surface area contributed by atoms with Crippen molar-refractivity contribution in [3.05, 3.63) is 35.1 Å². The summed E-state index contributed by atoms with van der Waals surface area (Å²) in [7, 11) is 1.17. The Balaban J connectivity index is 2.16. The minimum atomic E-state index is -1.57. The average Bonchev–Trinajstić information content (AvgIpc) is 2.97. The topological polar surface area (TPSA) is 47.6 Å². The van der Waals surface area contributed by atoms with E-state index < -0.39 is 29.5 Å². The third-order valence-corrected chi connectivity index (χ3v) is 3.35. The number of nitrogens with one attached hydrogen (secondary N) is 1. The molecular formula is C14H16F3NO3. The standard InChI is InChI=1S/C14H16F3NO3/c1-20-14(19)13(18-7-9-3-2-4-21-9)8-5-10(15)12(17)11(16)6-8/h5-6,9,13,18H,2-4,7H2,1H3. The van der Waals surface area contributed by atoms with E-state index in [4.69, 9.17) is 4.74 Å². The number of hydrogen-bond acceptors (Lipinski definition) is 4. The molecule has 0 bridgehead atoms. The lowest BCUT2D eigenvalue weighted by atomic mass is 10.1. The Kier molecular flexibility index (Phi) is 5.19. The van der Waals surface area contributed by atoms with Gasteiger partial charge in [-0.1, -0.05) is 0 Å². The van der Waals surface area contributed by atoms with Crippen LogP contribution in [0.1, 0.15) is 24.4 Å². The van der Waals surface area contributed by atoms with Crippen LogP contribution < -0.4 is 5.32 Å². The van der Waals surface area contributed by atoms with Gasteiger partial charge in [0, 0.05) is 13.2 Å². The molecule has 21 heavy (non-hydrogen) atoms. The summed E-state index contributed by atoms with van der Waals surface area (Å²) in [5.41, 5.74) is -0.0313. The van der Waals surface area contributed by atoms with E-state index in [-0.39, 0.29) is 11.7 Å². The molecule has 0 amide bonds. The fourth-order valence-electron chi connectivity index (χ4n) is 2.25. The minimum Gasteiger partial charge on any atom is -0.468 e. The molecule has 1 heterocycles. The van der Waals surface area contributed by atoms with Gasteiger partial charge in [0.05, 0.1) is 13.2 Å². The Morgan fingerprint density at radius 2 is 2.10 bits per heavy atom. The lowest BCUT2D eigenvalue weighted by Gasteiger charge is -2.19. The summed E-state index contributed by atoms with van der Waals surface area (Å²) in [6.07, 6.45) is 1.70. The Bertz CT molecular complexity index is 495. The van der Waals surface area contributed by atoms with Gasteiger partial charge in [-0.05, 0) is 30.5 Å². The van der Waals surface area contributed by atoms with E-state index in [0.717, 1.165) is 25.0 Å². The lowest BCUT2D eigenvalue weighted by molar-refractivity contribution is -0.143. The van der Waals surface area contributed by atoms with Crippen LogP contribution >= 0.6 is 0 Å². The highest BCUT2D eigenvalue weighted by molar-refractivity contribution is 5.77. The second-order valence-corrected chi connectivity index (χ2v) is 4.80. The summed E-state index contributed by atoms with van der Waals surface area (Å²) in [4.78, 5) is 11.8. The predicted octanol–water partition coefficient (Wildman–Crippen LogP) is 2.09. The lowest BCUT2D eigenvalue weighted by Crippen LogP contribution is -2.35. The van der Waals surface area contributed by atoms with Crippen molar-refractivity contribution in [3.8, 4) is 0 Å². The molecule has 1 aromatic carbocycles. The van der Waals surface area contributed by atoms with Crippen molar-refractivity contribution in [2.24, 2.45) is 0 Å². The summed E-state index contributed by atoms with van der Waals surface area (Å²) in [6, 6.07) is 0.481. The molecule has 1 saturated heterocycles. The number of carbonyl (C=O) groups excluding carboxylic acids is 1. The molecule has 116 valence electrons. The number of methoxy groups -OCH3 is 1. The maximum absolute atomic E-state index is 13.3. The van der Waals surface area contributed by atoms with E-state index >= 15 is 0 Å². The molecule has 7 heteroatoms. The van der Waals surface area contributed by atoms with Crippen molar-refractivity contribution in [2.75, 3.05) is 20.3 Å². The van der Waals surface area contributed by atoms with Crippen LogP contribution in [-0.2, 0) is 14.3 Å². The fraction of sp³-hybridized carbons (Fsp3) is 0.500. The van der Waals surface area contributed by atoms with Crippen LogP contribution in [0, 0.1) is 17.5 Å². The molecular weight excluding hydrogens is 287 g/mol. The summed E-state index contributed by atoms with van der Waals surface area (Å²) >= 11 is 0. The molecule has 1 aromatic rings. The van der Waals surface area contributed by atoms with Gasteiger partial charge in [0.25, 0.3) is 0 Å². The van der Waals surface area contributed by atoms with Crippen LogP contribution in [0.25, 0.3) is 0 Å². The monoisotopic (exact) mass is 303 g/mol. The second kappa shape index (κ2) is 6.91. The van der Waals surface area contributed by atoms with Crippen molar-refractivity contribution in [3.63, 3.8) is 0 Å². The predicted molar refractivity (Wildman–Crippen MR) is 68.0 cm³/mol. The maximum atomic E-state index is 13.3. The van der Waals surface area contributed by atoms with Gasteiger partial charge >= 0.3 is 5.97 Å². The number of halogens is 3. The molecule has 2 unspecified atom stereocenters. The number of carbonyl (C=O) groups is 1. The molecule has 1 aliphatic heterocycles. The molecule has 0 spiro atoms. The van der Waals surface area contributed by atoms with Crippen molar-refractivity contribution >= 4 is 5.97 Å². The Morgan fingerprint density at radius 3 is 2.62 bits per heavy atom. The van der Waals surface area contributed by atoms with Gasteiger partial charge in [-0.2, -0.15) is 0 Å². The fourth-order valence-corrected chi connectivity index (χ4v) is 2.25. The van der Waals surface area contributed by atoms with E-state index in [0.29, 0.717) is 13.2 Å². The number of esters is 1. The second-order valence-electron chi connectivity index (χ2n) is 4.80. The smallest absolute Gasteiger partial charge is 0.327 e. The quantitative estimate of drug-likeness (QED) is 0.668. The third-order valence-electron chi connectivity index (χ3n) is 3.35. The van der Waals surface area contributed by atoms with Crippen LogP contribution in [0.2, 0.25) is 0 Å². The third kappa shape index (κ3) is 3.74. The first-order valence-electron chi connectivity index (χ1n) is 6.60. The molecule has 2 rings (SSSR count). The average molecular weight is 303 g/mol. The molecule has 1 aliphatic rings. The number of rotatable bonds is 5. The van der Waals surface area contributed by atoms with Crippen molar-refractivity contribution in [1.29, 1.82) is 0 Å². The van der Waals surface area contributed by atoms with Gasteiger partial charge in [-0.3, -0.25) is 5.32 Å². The van der Waals surface area contributed by atoms with Crippen LogP contribution in [0.3, 0.4) is 0 Å². The molecule has 0 aromatic heterocycles. The highest BCUT2D eigenvalue weighted by atomic mass is 19.2. The zero-order chi connectivity index (χ0) is 15.4. The van der Waals surface area contributed by atoms with Crippen LogP contribution in [0.4, 0.5) is 13.2 Å². The normalized spacial score (nSPS) is 19.5. The molecule has 2 atom stereocenters. The van der Waals surface area contributed by atoms with E-state index in [1.807, 2.05) is 0 Å². The molecule has 1 N–H and O–H groups in total. The molecule has 0 radical (unpaired) electrons. The van der Waals surface area contributed by atoms with Gasteiger partial charge in [-0.25, -0.2) is 18.0 Å². The van der Waals surface area contributed by atoms with Gasteiger partial charge in [0.1, 0.15) is 6.04 Å². The van der Waals surface area contributed by atoms with Gasteiger partial charge < -0.3 is 9.47 Å². The summed E-state index contributed by atoms with van der Waals surface area (Å²) in [5, 5.41) is 2.85. The van der Waals surface area contributed by atoms with Gasteiger partial charge in [0.15, 0.2) is 17.5 Å². The van der Waals surface area contributed by atoms with Crippen molar-refractivity contribution in [1.82, 2.24) is 5.32 Å². The number of ether oxygens (including phenoxy) is 2. The highest BCUT2D eigenvalue weighted by Crippen LogP contribution is 2.21. The molecule has 0 saturated carbocycles. The molecule has 4 nitrogen and oxygen atoms in total. The van der Waals surface area contributed by atoms with Crippen LogP contribution in [0.15, 0.2) is 12.1 Å². The summed E-state index contributed by atoms with van der Waals surface area (Å²) in [5.74, 6) is -4.98.